The summed E-state index contributed by atoms with van der Waals surface area (Å²) in [5.74, 6) is 7.75. The molecule has 37 heavy (non-hydrogen) atoms. The van der Waals surface area contributed by atoms with Crippen molar-refractivity contribution in [3.8, 4) is 11.8 Å². The molecule has 2 heterocycles. The maximum Gasteiger partial charge on any atom is 0.152 e. The molecule has 0 atom stereocenters. The average molecular weight is 501 g/mol. The van der Waals surface area contributed by atoms with Crippen molar-refractivity contribution in [1.29, 1.82) is 0 Å². The van der Waals surface area contributed by atoms with E-state index in [4.69, 9.17) is 15.5 Å². The van der Waals surface area contributed by atoms with Crippen LogP contribution in [0.2, 0.25) is 0 Å². The number of rotatable bonds is 13. The SMILES string of the molecule is C=C/C=C(C#CCOCCn1c(CCCCCCCC)nc2c(N)nc3ccccc3c21)\C=C/C.CC. The molecule has 3 aromatic rings. The van der Waals surface area contributed by atoms with Crippen LogP contribution in [0.1, 0.15) is 72.0 Å². The number of aromatic nitrogens is 3. The molecule has 0 radical (unpaired) electrons. The minimum Gasteiger partial charge on any atom is -0.382 e. The number of nitrogen functional groups attached to an aromatic ring is 1. The Bertz CT molecular complexity index is 1240. The Labute approximate surface area is 223 Å². The van der Waals surface area contributed by atoms with Crippen LogP contribution >= 0.6 is 0 Å². The lowest BCUT2D eigenvalue weighted by Crippen LogP contribution is -2.10. The molecule has 0 fully saturated rings. The molecule has 0 spiro atoms. The molecule has 3 rings (SSSR count). The van der Waals surface area contributed by atoms with E-state index in [2.05, 4.69) is 41.0 Å². The van der Waals surface area contributed by atoms with Crippen LogP contribution in [-0.4, -0.2) is 27.7 Å². The van der Waals surface area contributed by atoms with Gasteiger partial charge < -0.3 is 15.0 Å². The molecule has 0 saturated heterocycles. The summed E-state index contributed by atoms with van der Waals surface area (Å²) in [5.41, 5.74) is 9.98. The molecule has 2 aromatic heterocycles. The zero-order valence-electron chi connectivity index (χ0n) is 23.2. The Hall–Kier alpha value is -3.36. The molecule has 0 amide bonds. The summed E-state index contributed by atoms with van der Waals surface area (Å²) in [7, 11) is 0. The molecule has 0 aliphatic heterocycles. The van der Waals surface area contributed by atoms with E-state index in [-0.39, 0.29) is 0 Å². The highest BCUT2D eigenvalue weighted by atomic mass is 16.5. The van der Waals surface area contributed by atoms with E-state index in [0.29, 0.717) is 25.6 Å². The van der Waals surface area contributed by atoms with Crippen molar-refractivity contribution in [2.24, 2.45) is 0 Å². The highest BCUT2D eigenvalue weighted by Gasteiger charge is 2.17. The quantitative estimate of drug-likeness (QED) is 0.148. The third-order valence-electron chi connectivity index (χ3n) is 5.95. The number of anilines is 1. The third-order valence-corrected chi connectivity index (χ3v) is 5.95. The highest BCUT2D eigenvalue weighted by Crippen LogP contribution is 2.29. The van der Waals surface area contributed by atoms with Gasteiger partial charge in [-0.25, -0.2) is 9.97 Å². The molecule has 5 nitrogen and oxygen atoms in total. The molecule has 2 N–H and O–H groups in total. The van der Waals surface area contributed by atoms with Gasteiger partial charge >= 0.3 is 0 Å². The second-order valence-electron chi connectivity index (χ2n) is 8.62. The van der Waals surface area contributed by atoms with E-state index in [1.165, 1.54) is 32.1 Å². The first-order valence-corrected chi connectivity index (χ1v) is 13.7. The van der Waals surface area contributed by atoms with Crippen molar-refractivity contribution in [2.75, 3.05) is 18.9 Å². The van der Waals surface area contributed by atoms with E-state index >= 15 is 0 Å². The van der Waals surface area contributed by atoms with Gasteiger partial charge in [-0.15, -0.1) is 0 Å². The van der Waals surface area contributed by atoms with E-state index in [0.717, 1.165) is 46.2 Å². The molecule has 1 aromatic carbocycles. The van der Waals surface area contributed by atoms with Gasteiger partial charge in [0.25, 0.3) is 0 Å². The number of fused-ring (bicyclic) bond motifs is 3. The van der Waals surface area contributed by atoms with E-state index in [1.54, 1.807) is 6.08 Å². The summed E-state index contributed by atoms with van der Waals surface area (Å²) in [6, 6.07) is 8.12. The number of unbranched alkanes of at least 4 members (excludes halogenated alkanes) is 5. The summed E-state index contributed by atoms with van der Waals surface area (Å²) in [6.07, 6.45) is 16.0. The van der Waals surface area contributed by atoms with Crippen molar-refractivity contribution in [2.45, 2.75) is 79.2 Å². The van der Waals surface area contributed by atoms with Crippen LogP contribution in [0.15, 0.2) is 60.7 Å². The number of hydrogen-bond donors (Lipinski definition) is 1. The van der Waals surface area contributed by atoms with Gasteiger partial charge in [0, 0.05) is 23.9 Å². The number of nitrogens with two attached hydrogens (primary N) is 1. The Morgan fingerprint density at radius 2 is 1.86 bits per heavy atom. The number of aryl methyl sites for hydroxylation is 1. The molecule has 198 valence electrons. The minimum atomic E-state index is 0.371. The second-order valence-corrected chi connectivity index (χ2v) is 8.62. The van der Waals surface area contributed by atoms with Crippen LogP contribution in [0.25, 0.3) is 21.9 Å². The molecule has 0 aliphatic rings. The van der Waals surface area contributed by atoms with Crippen molar-refractivity contribution >= 4 is 27.8 Å². The number of pyridine rings is 1. The van der Waals surface area contributed by atoms with E-state index in [1.807, 2.05) is 57.2 Å². The Kier molecular flexibility index (Phi) is 13.9. The van der Waals surface area contributed by atoms with E-state index in [9.17, 15) is 0 Å². The van der Waals surface area contributed by atoms with Crippen LogP contribution in [0.5, 0.6) is 0 Å². The topological polar surface area (TPSA) is 66.0 Å². The predicted molar refractivity (Wildman–Crippen MR) is 160 cm³/mol. The molecule has 0 aliphatic carbocycles. The first-order chi connectivity index (χ1) is 18.2. The molecular formula is C32H44N4O. The summed E-state index contributed by atoms with van der Waals surface area (Å²) in [4.78, 5) is 9.53. The van der Waals surface area contributed by atoms with Crippen molar-refractivity contribution < 1.29 is 4.74 Å². The van der Waals surface area contributed by atoms with Crippen LogP contribution < -0.4 is 5.73 Å². The molecule has 5 heteroatoms. The van der Waals surface area contributed by atoms with Crippen molar-refractivity contribution in [3.63, 3.8) is 0 Å². The minimum absolute atomic E-state index is 0.371. The number of hydrogen-bond acceptors (Lipinski definition) is 4. The van der Waals surface area contributed by atoms with Gasteiger partial charge in [0.1, 0.15) is 17.9 Å². The number of nitrogens with zero attached hydrogens (tertiary/aromatic N) is 3. The summed E-state index contributed by atoms with van der Waals surface area (Å²) < 4.78 is 8.16. The molecule has 0 bridgehead atoms. The van der Waals surface area contributed by atoms with Crippen LogP contribution in [0, 0.1) is 11.8 Å². The molecule has 0 saturated carbocycles. The zero-order chi connectivity index (χ0) is 26.9. The number of para-hydroxylation sites is 1. The van der Waals surface area contributed by atoms with Gasteiger partial charge in [0.15, 0.2) is 5.82 Å². The average Bonchev–Trinajstić information content (AvgIpc) is 3.28. The largest absolute Gasteiger partial charge is 0.382 e. The number of ether oxygens (including phenoxy) is 1. The smallest absolute Gasteiger partial charge is 0.152 e. The van der Waals surface area contributed by atoms with Crippen LogP contribution in [0.4, 0.5) is 5.82 Å². The van der Waals surface area contributed by atoms with Crippen LogP contribution in [0.3, 0.4) is 0 Å². The summed E-state index contributed by atoms with van der Waals surface area (Å²) >= 11 is 0. The summed E-state index contributed by atoms with van der Waals surface area (Å²) in [5, 5.41) is 1.07. The fourth-order valence-electron chi connectivity index (χ4n) is 4.26. The normalized spacial score (nSPS) is 11.4. The highest BCUT2D eigenvalue weighted by molar-refractivity contribution is 6.06. The number of benzene rings is 1. The lowest BCUT2D eigenvalue weighted by atomic mass is 10.1. The predicted octanol–water partition coefficient (Wildman–Crippen LogP) is 7.80. The molecular weight excluding hydrogens is 456 g/mol. The van der Waals surface area contributed by atoms with Gasteiger partial charge in [0.05, 0.1) is 17.6 Å². The van der Waals surface area contributed by atoms with Gasteiger partial charge in [-0.1, -0.05) is 108 Å². The number of imidazole rings is 1. The fraction of sp³-hybridized carbons (Fsp3) is 0.438. The van der Waals surface area contributed by atoms with Gasteiger partial charge in [-0.05, 0) is 25.5 Å². The maximum atomic E-state index is 6.33. The molecule has 0 unspecified atom stereocenters. The Balaban J connectivity index is 0.00000235. The second kappa shape index (κ2) is 17.2. The van der Waals surface area contributed by atoms with Crippen molar-refractivity contribution in [1.82, 2.24) is 14.5 Å². The maximum absolute atomic E-state index is 6.33. The lowest BCUT2D eigenvalue weighted by molar-refractivity contribution is 0.157. The van der Waals surface area contributed by atoms with Gasteiger partial charge in [-0.2, -0.15) is 0 Å². The fourth-order valence-corrected chi connectivity index (χ4v) is 4.26. The van der Waals surface area contributed by atoms with Crippen LogP contribution in [-0.2, 0) is 17.7 Å². The third kappa shape index (κ3) is 8.91. The Morgan fingerprint density at radius 3 is 2.62 bits per heavy atom. The zero-order valence-corrected chi connectivity index (χ0v) is 23.2. The standard InChI is InChI=1S/C30H38N4O.C2H6/c1-4-7-8-9-10-11-20-27-33-28-29(25-18-12-13-19-26(25)32-30(28)31)34(27)21-23-35-22-14-17-24(15-5-2)16-6-3;1-2/h5-6,12-13,15-16,18-19H,2,4,7-11,20-23H2,1,3H3,(H2,31,32);1-2H3/b16-6-,24-15+;. The summed E-state index contributed by atoms with van der Waals surface area (Å²) in [6.45, 7) is 13.6. The lowest BCUT2D eigenvalue weighted by Gasteiger charge is -2.11. The van der Waals surface area contributed by atoms with Crippen molar-refractivity contribution in [3.05, 3.63) is 66.5 Å². The first-order valence-electron chi connectivity index (χ1n) is 13.7. The Morgan fingerprint density at radius 1 is 1.11 bits per heavy atom. The number of allylic oxidation sites excluding steroid dienone is 5. The first kappa shape index (κ1) is 29.9. The monoisotopic (exact) mass is 500 g/mol. The van der Waals surface area contributed by atoms with Gasteiger partial charge in [0.2, 0.25) is 0 Å². The van der Waals surface area contributed by atoms with Gasteiger partial charge in [-0.3, -0.25) is 0 Å². The van der Waals surface area contributed by atoms with E-state index < -0.39 is 0 Å².